The normalized spacial score (nSPS) is 19.8. The van der Waals surface area contributed by atoms with Crippen molar-refractivity contribution in [3.63, 3.8) is 0 Å². The Morgan fingerprint density at radius 1 is 1.24 bits per heavy atom. The molecule has 1 amide bonds. The number of halogens is 2. The minimum absolute atomic E-state index is 0. The van der Waals surface area contributed by atoms with E-state index in [1.165, 1.54) is 0 Å². The minimum atomic E-state index is -0.00351. The molecule has 2 fully saturated rings. The first-order valence-electron chi connectivity index (χ1n) is 8.38. The van der Waals surface area contributed by atoms with E-state index in [2.05, 4.69) is 26.2 Å². The molecule has 2 N–H and O–H groups in total. The number of carbonyl (C=O) groups excluding carboxylic acids is 1. The highest BCUT2D eigenvalue weighted by Crippen LogP contribution is 2.42. The number of benzene rings is 1. The van der Waals surface area contributed by atoms with Crippen LogP contribution >= 0.6 is 28.3 Å². The van der Waals surface area contributed by atoms with Crippen LogP contribution in [0, 0.1) is 5.92 Å². The smallest absolute Gasteiger partial charge is 0.276 e. The molecule has 0 bridgehead atoms. The molecular formula is C17H21BrClN5O. The van der Waals surface area contributed by atoms with Crippen molar-refractivity contribution in [1.82, 2.24) is 19.9 Å². The molecular weight excluding hydrogens is 406 g/mol. The second-order valence-electron chi connectivity index (χ2n) is 6.63. The molecule has 2 aliphatic rings. The van der Waals surface area contributed by atoms with Crippen LogP contribution in [0.15, 0.2) is 28.7 Å². The van der Waals surface area contributed by atoms with Crippen molar-refractivity contribution in [2.24, 2.45) is 11.7 Å². The molecule has 8 heteroatoms. The van der Waals surface area contributed by atoms with Gasteiger partial charge in [0.15, 0.2) is 5.69 Å². The molecule has 1 aromatic heterocycles. The Morgan fingerprint density at radius 3 is 2.56 bits per heavy atom. The van der Waals surface area contributed by atoms with Crippen LogP contribution in [0.4, 0.5) is 0 Å². The van der Waals surface area contributed by atoms with E-state index in [0.29, 0.717) is 24.1 Å². The third-order valence-electron chi connectivity index (χ3n) is 4.85. The quantitative estimate of drug-likeness (QED) is 0.815. The van der Waals surface area contributed by atoms with E-state index in [1.807, 2.05) is 33.8 Å². The number of carbonyl (C=O) groups is 1. The summed E-state index contributed by atoms with van der Waals surface area (Å²) in [6.45, 7) is 2.12. The number of rotatable bonds is 4. The SMILES string of the molecule is Cl.NCC1CCN(C(=O)c2nnn(-c3ccc(Br)cc3)c2C2CC2)C1. The summed E-state index contributed by atoms with van der Waals surface area (Å²) < 4.78 is 2.84. The van der Waals surface area contributed by atoms with Gasteiger partial charge in [-0.25, -0.2) is 4.68 Å². The number of hydrogen-bond donors (Lipinski definition) is 1. The molecule has 134 valence electrons. The van der Waals surface area contributed by atoms with Crippen molar-refractivity contribution >= 4 is 34.2 Å². The Balaban J connectivity index is 0.00000182. The molecule has 1 aromatic carbocycles. The highest BCUT2D eigenvalue weighted by Gasteiger charge is 2.37. The Kier molecular flexibility index (Phi) is 5.46. The Hall–Kier alpha value is -1.44. The van der Waals surface area contributed by atoms with Gasteiger partial charge in [-0.3, -0.25) is 4.79 Å². The van der Waals surface area contributed by atoms with Crippen LogP contribution in [0.3, 0.4) is 0 Å². The van der Waals surface area contributed by atoms with Gasteiger partial charge in [0.2, 0.25) is 0 Å². The largest absolute Gasteiger partial charge is 0.337 e. The summed E-state index contributed by atoms with van der Waals surface area (Å²) in [4.78, 5) is 14.8. The first-order valence-corrected chi connectivity index (χ1v) is 9.17. The number of hydrogen-bond acceptors (Lipinski definition) is 4. The molecule has 1 aliphatic carbocycles. The third kappa shape index (κ3) is 3.59. The van der Waals surface area contributed by atoms with Crippen molar-refractivity contribution in [3.8, 4) is 5.69 Å². The Morgan fingerprint density at radius 2 is 1.96 bits per heavy atom. The molecule has 1 atom stereocenters. The summed E-state index contributed by atoms with van der Waals surface area (Å²) in [5.41, 5.74) is 8.15. The Labute approximate surface area is 161 Å². The fraction of sp³-hybridized carbons (Fsp3) is 0.471. The van der Waals surface area contributed by atoms with Gasteiger partial charge in [0.05, 0.1) is 11.4 Å². The van der Waals surface area contributed by atoms with E-state index in [-0.39, 0.29) is 18.3 Å². The number of nitrogens with two attached hydrogens (primary N) is 1. The Bertz CT molecular complexity index is 759. The van der Waals surface area contributed by atoms with Crippen LogP contribution < -0.4 is 5.73 Å². The van der Waals surface area contributed by atoms with Crippen LogP contribution in [0.25, 0.3) is 5.69 Å². The zero-order valence-corrected chi connectivity index (χ0v) is 16.2. The van der Waals surface area contributed by atoms with Gasteiger partial charge in [-0.05, 0) is 56.0 Å². The van der Waals surface area contributed by atoms with Crippen LogP contribution in [0.1, 0.15) is 41.4 Å². The summed E-state index contributed by atoms with van der Waals surface area (Å²) in [6, 6.07) is 7.92. The fourth-order valence-electron chi connectivity index (χ4n) is 3.30. The van der Waals surface area contributed by atoms with Crippen molar-refractivity contribution in [3.05, 3.63) is 40.1 Å². The topological polar surface area (TPSA) is 77.0 Å². The highest BCUT2D eigenvalue weighted by molar-refractivity contribution is 9.10. The highest BCUT2D eigenvalue weighted by atomic mass is 79.9. The lowest BCUT2D eigenvalue weighted by atomic mass is 10.1. The molecule has 25 heavy (non-hydrogen) atoms. The fourth-order valence-corrected chi connectivity index (χ4v) is 3.56. The first-order chi connectivity index (χ1) is 11.7. The van der Waals surface area contributed by atoms with E-state index in [9.17, 15) is 4.79 Å². The van der Waals surface area contributed by atoms with E-state index in [0.717, 1.165) is 48.2 Å². The summed E-state index contributed by atoms with van der Waals surface area (Å²) in [5, 5.41) is 8.54. The number of aromatic nitrogens is 3. The first kappa shape index (κ1) is 18.4. The van der Waals surface area contributed by atoms with Crippen molar-refractivity contribution in [2.75, 3.05) is 19.6 Å². The van der Waals surface area contributed by atoms with Gasteiger partial charge >= 0.3 is 0 Å². The van der Waals surface area contributed by atoms with Gasteiger partial charge in [-0.2, -0.15) is 0 Å². The molecule has 1 aliphatic heterocycles. The number of amides is 1. The molecule has 6 nitrogen and oxygen atoms in total. The summed E-state index contributed by atoms with van der Waals surface area (Å²) in [7, 11) is 0. The van der Waals surface area contributed by atoms with Gasteiger partial charge in [0.1, 0.15) is 0 Å². The maximum atomic E-state index is 12.9. The third-order valence-corrected chi connectivity index (χ3v) is 5.38. The average Bonchev–Trinajstić information content (AvgIpc) is 3.16. The molecule has 1 unspecified atom stereocenters. The van der Waals surface area contributed by atoms with Crippen LogP contribution in [-0.2, 0) is 0 Å². The second kappa shape index (κ2) is 7.43. The lowest BCUT2D eigenvalue weighted by Gasteiger charge is -2.15. The summed E-state index contributed by atoms with van der Waals surface area (Å²) >= 11 is 3.45. The van der Waals surface area contributed by atoms with Crippen LogP contribution in [0.5, 0.6) is 0 Å². The van der Waals surface area contributed by atoms with Crippen LogP contribution in [-0.4, -0.2) is 45.4 Å². The summed E-state index contributed by atoms with van der Waals surface area (Å²) in [5.74, 6) is 0.784. The molecule has 0 spiro atoms. The van der Waals surface area contributed by atoms with Gasteiger partial charge < -0.3 is 10.6 Å². The summed E-state index contributed by atoms with van der Waals surface area (Å²) in [6.07, 6.45) is 3.16. The molecule has 4 rings (SSSR count). The average molecular weight is 427 g/mol. The van der Waals surface area contributed by atoms with Gasteiger partial charge in [-0.15, -0.1) is 17.5 Å². The predicted octanol–water partition coefficient (Wildman–Crippen LogP) is 2.75. The lowest BCUT2D eigenvalue weighted by Crippen LogP contribution is -2.31. The lowest BCUT2D eigenvalue weighted by molar-refractivity contribution is 0.0780. The van der Waals surface area contributed by atoms with Crippen molar-refractivity contribution < 1.29 is 4.79 Å². The minimum Gasteiger partial charge on any atom is -0.337 e. The number of likely N-dealkylation sites (tertiary alicyclic amines) is 1. The zero-order valence-electron chi connectivity index (χ0n) is 13.8. The molecule has 1 saturated carbocycles. The molecule has 2 aromatic rings. The van der Waals surface area contributed by atoms with Crippen molar-refractivity contribution in [2.45, 2.75) is 25.2 Å². The van der Waals surface area contributed by atoms with Gasteiger partial charge in [0, 0.05) is 23.5 Å². The van der Waals surface area contributed by atoms with E-state index < -0.39 is 0 Å². The van der Waals surface area contributed by atoms with Gasteiger partial charge in [0.25, 0.3) is 5.91 Å². The monoisotopic (exact) mass is 425 g/mol. The zero-order chi connectivity index (χ0) is 16.7. The standard InChI is InChI=1S/C17H20BrN5O.ClH/c18-13-3-5-14(6-4-13)23-16(12-1-2-12)15(20-21-23)17(24)22-8-7-11(9-19)10-22;/h3-6,11-12H,1-2,7-10,19H2;1H. The maximum Gasteiger partial charge on any atom is 0.276 e. The maximum absolute atomic E-state index is 12.9. The van der Waals surface area contributed by atoms with Gasteiger partial charge in [-0.1, -0.05) is 21.1 Å². The van der Waals surface area contributed by atoms with Crippen molar-refractivity contribution in [1.29, 1.82) is 0 Å². The second-order valence-corrected chi connectivity index (χ2v) is 7.54. The molecule has 2 heterocycles. The van der Waals surface area contributed by atoms with E-state index >= 15 is 0 Å². The molecule has 0 radical (unpaired) electrons. The van der Waals surface area contributed by atoms with Crippen LogP contribution in [0.2, 0.25) is 0 Å². The van der Waals surface area contributed by atoms with E-state index in [1.54, 1.807) is 0 Å². The number of nitrogens with zero attached hydrogens (tertiary/aromatic N) is 4. The van der Waals surface area contributed by atoms with E-state index in [4.69, 9.17) is 5.73 Å². The predicted molar refractivity (Wildman–Crippen MR) is 101 cm³/mol. The molecule has 1 saturated heterocycles.